The van der Waals surface area contributed by atoms with Gasteiger partial charge in [0.05, 0.1) is 17.6 Å². The number of anilines is 1. The number of sulfonamides is 1. The van der Waals surface area contributed by atoms with E-state index in [1.807, 2.05) is 38.1 Å². The second-order valence-corrected chi connectivity index (χ2v) is 7.84. The van der Waals surface area contributed by atoms with Gasteiger partial charge in [0.25, 0.3) is 0 Å². The maximum Gasteiger partial charge on any atom is 0.231 e. The standard InChI is InChI=1S/C17H19N5O2S/c1-12-11-16(9-10-18-12)22-17(19-13(2)20-22)14-5-7-15(8-6-14)21(3)25(4,23)24/h5-11H,1-4H3. The van der Waals surface area contributed by atoms with Gasteiger partial charge in [-0.25, -0.2) is 18.1 Å². The highest BCUT2D eigenvalue weighted by Gasteiger charge is 2.15. The molecule has 0 spiro atoms. The molecule has 0 aliphatic heterocycles. The monoisotopic (exact) mass is 357 g/mol. The van der Waals surface area contributed by atoms with Crippen LogP contribution >= 0.6 is 0 Å². The van der Waals surface area contributed by atoms with E-state index in [4.69, 9.17) is 0 Å². The number of pyridine rings is 1. The van der Waals surface area contributed by atoms with Crippen LogP contribution < -0.4 is 4.31 Å². The molecule has 0 aliphatic carbocycles. The van der Waals surface area contributed by atoms with Gasteiger partial charge in [-0.1, -0.05) is 0 Å². The number of hydrogen-bond acceptors (Lipinski definition) is 5. The van der Waals surface area contributed by atoms with Gasteiger partial charge in [0.1, 0.15) is 5.82 Å². The summed E-state index contributed by atoms with van der Waals surface area (Å²) in [6.07, 6.45) is 2.91. The van der Waals surface area contributed by atoms with E-state index in [0.29, 0.717) is 17.3 Å². The lowest BCUT2D eigenvalue weighted by Gasteiger charge is -2.16. The van der Waals surface area contributed by atoms with Gasteiger partial charge in [0.2, 0.25) is 10.0 Å². The van der Waals surface area contributed by atoms with Crippen molar-refractivity contribution < 1.29 is 8.42 Å². The Hall–Kier alpha value is -2.74. The molecule has 25 heavy (non-hydrogen) atoms. The number of benzene rings is 1. The zero-order chi connectivity index (χ0) is 18.2. The molecule has 0 N–H and O–H groups in total. The van der Waals surface area contributed by atoms with Gasteiger partial charge < -0.3 is 0 Å². The van der Waals surface area contributed by atoms with Crippen LogP contribution in [0, 0.1) is 13.8 Å². The molecular formula is C17H19N5O2S. The molecule has 0 fully saturated rings. The largest absolute Gasteiger partial charge is 0.274 e. The van der Waals surface area contributed by atoms with Crippen LogP contribution in [-0.2, 0) is 10.0 Å². The first kappa shape index (κ1) is 17.1. The van der Waals surface area contributed by atoms with E-state index < -0.39 is 10.0 Å². The van der Waals surface area contributed by atoms with Crippen molar-refractivity contribution in [3.8, 4) is 17.1 Å². The maximum absolute atomic E-state index is 11.7. The summed E-state index contributed by atoms with van der Waals surface area (Å²) >= 11 is 0. The first-order chi connectivity index (χ1) is 11.8. The number of aromatic nitrogens is 4. The molecule has 2 aromatic heterocycles. The maximum atomic E-state index is 11.7. The first-order valence-corrected chi connectivity index (χ1v) is 9.51. The van der Waals surface area contributed by atoms with Crippen molar-refractivity contribution >= 4 is 15.7 Å². The van der Waals surface area contributed by atoms with Gasteiger partial charge >= 0.3 is 0 Å². The number of rotatable bonds is 4. The molecule has 0 saturated heterocycles. The van der Waals surface area contributed by atoms with Gasteiger partial charge in [-0.3, -0.25) is 9.29 Å². The summed E-state index contributed by atoms with van der Waals surface area (Å²) in [6, 6.07) is 11.0. The predicted octanol–water partition coefficient (Wildman–Crippen LogP) is 2.34. The predicted molar refractivity (Wildman–Crippen MR) is 97.3 cm³/mol. The second-order valence-electron chi connectivity index (χ2n) is 5.83. The van der Waals surface area contributed by atoms with E-state index in [-0.39, 0.29) is 0 Å². The summed E-state index contributed by atoms with van der Waals surface area (Å²) < 4.78 is 26.3. The van der Waals surface area contributed by atoms with E-state index in [1.165, 1.54) is 17.6 Å². The van der Waals surface area contributed by atoms with Crippen molar-refractivity contribution in [3.63, 3.8) is 0 Å². The minimum atomic E-state index is -3.29. The Bertz CT molecular complexity index is 1010. The highest BCUT2D eigenvalue weighted by molar-refractivity contribution is 7.92. The van der Waals surface area contributed by atoms with Crippen molar-refractivity contribution in [1.29, 1.82) is 0 Å². The Morgan fingerprint density at radius 1 is 1.08 bits per heavy atom. The van der Waals surface area contributed by atoms with Crippen LogP contribution in [0.1, 0.15) is 11.5 Å². The zero-order valence-electron chi connectivity index (χ0n) is 14.5. The fraction of sp³-hybridized carbons (Fsp3) is 0.235. The summed E-state index contributed by atoms with van der Waals surface area (Å²) in [5.41, 5.74) is 3.21. The minimum absolute atomic E-state index is 0.591. The molecule has 0 amide bonds. The van der Waals surface area contributed by atoms with E-state index in [0.717, 1.165) is 16.9 Å². The molecule has 1 aromatic carbocycles. The Balaban J connectivity index is 2.03. The third-order valence-corrected chi connectivity index (χ3v) is 5.03. The van der Waals surface area contributed by atoms with Crippen LogP contribution in [-0.4, -0.2) is 41.5 Å². The molecule has 7 nitrogen and oxygen atoms in total. The topological polar surface area (TPSA) is 81.0 Å². The molecule has 0 radical (unpaired) electrons. The van der Waals surface area contributed by atoms with Crippen LogP contribution in [0.2, 0.25) is 0 Å². The molecule has 3 aromatic rings. The van der Waals surface area contributed by atoms with E-state index in [2.05, 4.69) is 15.1 Å². The highest BCUT2D eigenvalue weighted by Crippen LogP contribution is 2.24. The lowest BCUT2D eigenvalue weighted by atomic mass is 10.2. The molecule has 0 unspecified atom stereocenters. The molecule has 0 bridgehead atoms. The van der Waals surface area contributed by atoms with Crippen LogP contribution in [0.4, 0.5) is 5.69 Å². The molecule has 0 atom stereocenters. The fourth-order valence-corrected chi connectivity index (χ4v) is 2.96. The Kier molecular flexibility index (Phi) is 4.30. The molecular weight excluding hydrogens is 338 g/mol. The van der Waals surface area contributed by atoms with Gasteiger partial charge in [0.15, 0.2) is 5.82 Å². The Labute approximate surface area is 147 Å². The molecule has 0 saturated carbocycles. The average molecular weight is 357 g/mol. The van der Waals surface area contributed by atoms with Crippen molar-refractivity contribution in [2.75, 3.05) is 17.6 Å². The van der Waals surface area contributed by atoms with Crippen molar-refractivity contribution in [1.82, 2.24) is 19.7 Å². The van der Waals surface area contributed by atoms with E-state index in [1.54, 1.807) is 23.0 Å². The van der Waals surface area contributed by atoms with Crippen LogP contribution in [0.25, 0.3) is 17.1 Å². The average Bonchev–Trinajstić information content (AvgIpc) is 2.95. The van der Waals surface area contributed by atoms with Crippen molar-refractivity contribution in [2.24, 2.45) is 0 Å². The summed E-state index contributed by atoms with van der Waals surface area (Å²) in [5.74, 6) is 1.35. The fourth-order valence-electron chi connectivity index (χ4n) is 2.46. The molecule has 3 rings (SSSR count). The normalized spacial score (nSPS) is 11.5. The highest BCUT2D eigenvalue weighted by atomic mass is 32.2. The van der Waals surface area contributed by atoms with Crippen LogP contribution in [0.15, 0.2) is 42.6 Å². The molecule has 0 aliphatic rings. The Morgan fingerprint density at radius 3 is 2.36 bits per heavy atom. The zero-order valence-corrected chi connectivity index (χ0v) is 15.3. The smallest absolute Gasteiger partial charge is 0.231 e. The number of nitrogens with zero attached hydrogens (tertiary/aromatic N) is 5. The van der Waals surface area contributed by atoms with Crippen LogP contribution in [0.5, 0.6) is 0 Å². The summed E-state index contributed by atoms with van der Waals surface area (Å²) in [7, 11) is -1.77. The SMILES string of the molecule is Cc1cc(-n2nc(C)nc2-c2ccc(N(C)S(C)(=O)=O)cc2)ccn1. The van der Waals surface area contributed by atoms with Gasteiger partial charge in [-0.15, -0.1) is 0 Å². The molecule has 8 heteroatoms. The summed E-state index contributed by atoms with van der Waals surface area (Å²) in [5, 5.41) is 4.47. The van der Waals surface area contributed by atoms with Gasteiger partial charge in [0, 0.05) is 24.5 Å². The molecule has 2 heterocycles. The second kappa shape index (κ2) is 6.29. The Morgan fingerprint density at radius 2 is 1.76 bits per heavy atom. The quantitative estimate of drug-likeness (QED) is 0.716. The van der Waals surface area contributed by atoms with E-state index in [9.17, 15) is 8.42 Å². The van der Waals surface area contributed by atoms with Crippen LogP contribution in [0.3, 0.4) is 0 Å². The van der Waals surface area contributed by atoms with Crippen molar-refractivity contribution in [3.05, 3.63) is 54.1 Å². The first-order valence-electron chi connectivity index (χ1n) is 7.67. The lowest BCUT2D eigenvalue weighted by molar-refractivity contribution is 0.600. The third kappa shape index (κ3) is 3.53. The number of hydrogen-bond donors (Lipinski definition) is 0. The van der Waals surface area contributed by atoms with E-state index >= 15 is 0 Å². The minimum Gasteiger partial charge on any atom is -0.274 e. The molecule has 130 valence electrons. The summed E-state index contributed by atoms with van der Waals surface area (Å²) in [6.45, 7) is 3.75. The number of aryl methyl sites for hydroxylation is 2. The summed E-state index contributed by atoms with van der Waals surface area (Å²) in [4.78, 5) is 8.71. The third-order valence-electron chi connectivity index (χ3n) is 3.82. The van der Waals surface area contributed by atoms with Gasteiger partial charge in [-0.2, -0.15) is 5.10 Å². The van der Waals surface area contributed by atoms with Crippen molar-refractivity contribution in [2.45, 2.75) is 13.8 Å². The van der Waals surface area contributed by atoms with Gasteiger partial charge in [-0.05, 0) is 50.2 Å². The lowest BCUT2D eigenvalue weighted by Crippen LogP contribution is -2.24.